The van der Waals surface area contributed by atoms with Crippen LogP contribution in [-0.4, -0.2) is 49.0 Å². The molecule has 0 radical (unpaired) electrons. The average molecular weight is 444 g/mol. The predicted molar refractivity (Wildman–Crippen MR) is 119 cm³/mol. The highest BCUT2D eigenvalue weighted by Gasteiger charge is 2.32. The van der Waals surface area contributed by atoms with Gasteiger partial charge in [0.15, 0.2) is 5.78 Å². The number of ketones is 1. The van der Waals surface area contributed by atoms with Crippen molar-refractivity contribution in [2.45, 2.75) is 57.8 Å². The number of aromatic amines is 1. The van der Waals surface area contributed by atoms with Crippen LogP contribution >= 0.6 is 0 Å². The Morgan fingerprint density at radius 2 is 1.81 bits per heavy atom. The predicted octanol–water partition coefficient (Wildman–Crippen LogP) is 3.47. The number of rotatable bonds is 5. The monoisotopic (exact) mass is 443 g/mol. The Bertz CT molecular complexity index is 1140. The third-order valence-corrected chi connectivity index (χ3v) is 8.25. The molecule has 31 heavy (non-hydrogen) atoms. The molecule has 0 saturated carbocycles. The number of fused-ring (bicyclic) bond motifs is 1. The van der Waals surface area contributed by atoms with Crippen molar-refractivity contribution in [3.05, 3.63) is 46.3 Å². The van der Waals surface area contributed by atoms with Crippen LogP contribution < -0.4 is 4.90 Å². The first-order valence-corrected chi connectivity index (χ1v) is 12.4. The van der Waals surface area contributed by atoms with Crippen molar-refractivity contribution in [2.75, 3.05) is 24.5 Å². The summed E-state index contributed by atoms with van der Waals surface area (Å²) in [5.74, 6) is -0.239. The summed E-state index contributed by atoms with van der Waals surface area (Å²) in [6.45, 7) is 6.86. The van der Waals surface area contributed by atoms with E-state index in [4.69, 9.17) is 0 Å². The quantitative estimate of drug-likeness (QED) is 0.717. The standard InChI is InChI=1S/C23H29N3O4S/c1-4-19-21(16(3)27)15(2)24-22(19)23(28)26-13-10-17-14-18(8-9-20(17)26)31(29,30)25-11-6-5-7-12-25/h8-9,14,24H,4-7,10-13H2,1-3H3. The first kappa shape index (κ1) is 21.8. The highest BCUT2D eigenvalue weighted by atomic mass is 32.2. The van der Waals surface area contributed by atoms with Crippen LogP contribution in [0.3, 0.4) is 0 Å². The van der Waals surface area contributed by atoms with E-state index in [0.29, 0.717) is 54.3 Å². The summed E-state index contributed by atoms with van der Waals surface area (Å²) in [5.41, 5.74) is 4.08. The van der Waals surface area contributed by atoms with Gasteiger partial charge in [-0.05, 0) is 68.9 Å². The minimum Gasteiger partial charge on any atom is -0.354 e. The van der Waals surface area contributed by atoms with Gasteiger partial charge in [0.25, 0.3) is 5.91 Å². The summed E-state index contributed by atoms with van der Waals surface area (Å²) in [5, 5.41) is 0. The van der Waals surface area contributed by atoms with E-state index in [1.165, 1.54) is 6.92 Å². The van der Waals surface area contributed by atoms with Gasteiger partial charge in [-0.1, -0.05) is 13.3 Å². The molecule has 2 aliphatic heterocycles. The molecule has 2 aromatic rings. The van der Waals surface area contributed by atoms with E-state index in [-0.39, 0.29) is 11.7 Å². The molecule has 4 rings (SSSR count). The van der Waals surface area contributed by atoms with Crippen LogP contribution in [0, 0.1) is 6.92 Å². The van der Waals surface area contributed by atoms with Gasteiger partial charge in [0.2, 0.25) is 10.0 Å². The fraction of sp³-hybridized carbons (Fsp3) is 0.478. The van der Waals surface area contributed by atoms with Crippen LogP contribution in [0.25, 0.3) is 0 Å². The lowest BCUT2D eigenvalue weighted by atomic mass is 10.0. The van der Waals surface area contributed by atoms with Gasteiger partial charge < -0.3 is 9.88 Å². The van der Waals surface area contributed by atoms with Gasteiger partial charge in [-0.2, -0.15) is 4.31 Å². The number of benzene rings is 1. The fourth-order valence-corrected chi connectivity index (χ4v) is 6.40. The molecule has 1 saturated heterocycles. The molecule has 1 fully saturated rings. The van der Waals surface area contributed by atoms with E-state index < -0.39 is 10.0 Å². The maximum Gasteiger partial charge on any atom is 0.275 e. The molecule has 0 atom stereocenters. The Balaban J connectivity index is 1.65. The van der Waals surface area contributed by atoms with Crippen LogP contribution in [0.2, 0.25) is 0 Å². The third-order valence-electron chi connectivity index (χ3n) is 6.35. The minimum atomic E-state index is -3.51. The minimum absolute atomic E-state index is 0.0565. The number of hydrogen-bond donors (Lipinski definition) is 1. The Kier molecular flexibility index (Phi) is 5.79. The van der Waals surface area contributed by atoms with Crippen molar-refractivity contribution < 1.29 is 18.0 Å². The Morgan fingerprint density at radius 1 is 1.10 bits per heavy atom. The van der Waals surface area contributed by atoms with Gasteiger partial charge in [-0.3, -0.25) is 9.59 Å². The van der Waals surface area contributed by atoms with Gasteiger partial charge in [0, 0.05) is 36.6 Å². The molecule has 0 bridgehead atoms. The number of carbonyl (C=O) groups excluding carboxylic acids is 2. The lowest BCUT2D eigenvalue weighted by Gasteiger charge is -2.26. The number of sulfonamides is 1. The van der Waals surface area contributed by atoms with Crippen molar-refractivity contribution in [1.29, 1.82) is 0 Å². The van der Waals surface area contributed by atoms with E-state index in [2.05, 4.69) is 4.98 Å². The van der Waals surface area contributed by atoms with Crippen molar-refractivity contribution in [1.82, 2.24) is 9.29 Å². The molecule has 1 aromatic heterocycles. The largest absolute Gasteiger partial charge is 0.354 e. The number of nitrogens with zero attached hydrogens (tertiary/aromatic N) is 2. The second-order valence-electron chi connectivity index (χ2n) is 8.35. The number of piperidine rings is 1. The number of aromatic nitrogens is 1. The second-order valence-corrected chi connectivity index (χ2v) is 10.3. The molecule has 0 unspecified atom stereocenters. The summed E-state index contributed by atoms with van der Waals surface area (Å²) < 4.78 is 27.6. The van der Waals surface area contributed by atoms with Crippen molar-refractivity contribution in [3.8, 4) is 0 Å². The first-order valence-electron chi connectivity index (χ1n) is 10.9. The van der Waals surface area contributed by atoms with Crippen molar-refractivity contribution >= 4 is 27.4 Å². The summed E-state index contributed by atoms with van der Waals surface area (Å²) in [6.07, 6.45) is 4.03. The number of hydrogen-bond acceptors (Lipinski definition) is 4. The summed E-state index contributed by atoms with van der Waals surface area (Å²) >= 11 is 0. The number of amides is 1. The highest BCUT2D eigenvalue weighted by molar-refractivity contribution is 7.89. The van der Waals surface area contributed by atoms with Crippen LogP contribution in [0.4, 0.5) is 5.69 Å². The van der Waals surface area contributed by atoms with Crippen LogP contribution in [0.15, 0.2) is 23.1 Å². The Labute approximate surface area is 183 Å². The molecule has 1 amide bonds. The maximum atomic E-state index is 13.4. The molecule has 1 aromatic carbocycles. The van der Waals surface area contributed by atoms with Crippen LogP contribution in [-0.2, 0) is 22.9 Å². The normalized spacial score (nSPS) is 17.1. The maximum absolute atomic E-state index is 13.4. The van der Waals surface area contributed by atoms with Crippen molar-refractivity contribution in [2.24, 2.45) is 0 Å². The number of anilines is 1. The third kappa shape index (κ3) is 3.72. The molecule has 7 nitrogen and oxygen atoms in total. The zero-order valence-corrected chi connectivity index (χ0v) is 19.1. The molecule has 0 aliphatic carbocycles. The number of aryl methyl sites for hydroxylation is 1. The zero-order chi connectivity index (χ0) is 22.3. The summed E-state index contributed by atoms with van der Waals surface area (Å²) in [6, 6.07) is 5.06. The molecule has 3 heterocycles. The molecule has 166 valence electrons. The molecule has 2 aliphatic rings. The number of nitrogens with one attached hydrogen (secondary N) is 1. The lowest BCUT2D eigenvalue weighted by molar-refractivity contribution is 0.0983. The molecule has 1 N–H and O–H groups in total. The summed E-state index contributed by atoms with van der Waals surface area (Å²) in [4.78, 5) is 30.5. The van der Waals surface area contributed by atoms with Gasteiger partial charge in [0.1, 0.15) is 5.69 Å². The van der Waals surface area contributed by atoms with E-state index in [0.717, 1.165) is 36.1 Å². The van der Waals surface area contributed by atoms with Gasteiger partial charge in [-0.25, -0.2) is 8.42 Å². The van der Waals surface area contributed by atoms with E-state index in [1.807, 2.05) is 13.8 Å². The van der Waals surface area contributed by atoms with Crippen molar-refractivity contribution in [3.63, 3.8) is 0 Å². The summed E-state index contributed by atoms with van der Waals surface area (Å²) in [7, 11) is -3.51. The Morgan fingerprint density at radius 3 is 2.45 bits per heavy atom. The average Bonchev–Trinajstić information content (AvgIpc) is 3.34. The molecular weight excluding hydrogens is 414 g/mol. The number of Topliss-reactive ketones (excluding diaryl/α,β-unsaturated/α-hetero) is 1. The van der Waals surface area contributed by atoms with E-state index >= 15 is 0 Å². The number of H-pyrrole nitrogens is 1. The van der Waals surface area contributed by atoms with Crippen LogP contribution in [0.5, 0.6) is 0 Å². The van der Waals surface area contributed by atoms with Crippen LogP contribution in [0.1, 0.15) is 70.8 Å². The fourth-order valence-electron chi connectivity index (χ4n) is 4.83. The Hall–Kier alpha value is -2.45. The smallest absolute Gasteiger partial charge is 0.275 e. The van der Waals surface area contributed by atoms with Gasteiger partial charge in [-0.15, -0.1) is 0 Å². The molecule has 0 spiro atoms. The van der Waals surface area contributed by atoms with Gasteiger partial charge >= 0.3 is 0 Å². The van der Waals surface area contributed by atoms with Gasteiger partial charge in [0.05, 0.1) is 4.90 Å². The zero-order valence-electron chi connectivity index (χ0n) is 18.3. The SMILES string of the molecule is CCc1c(C(=O)N2CCc3cc(S(=O)(=O)N4CCCCC4)ccc32)[nH]c(C)c1C(C)=O. The second kappa shape index (κ2) is 8.24. The van der Waals surface area contributed by atoms with E-state index in [1.54, 1.807) is 27.4 Å². The number of carbonyl (C=O) groups is 2. The lowest BCUT2D eigenvalue weighted by Crippen LogP contribution is -2.35. The topological polar surface area (TPSA) is 90.6 Å². The molecule has 8 heteroatoms. The first-order chi connectivity index (χ1) is 14.8. The molecular formula is C23H29N3O4S. The highest BCUT2D eigenvalue weighted by Crippen LogP contribution is 2.33. The van der Waals surface area contributed by atoms with E-state index in [9.17, 15) is 18.0 Å².